The molecule has 0 amide bonds. The van der Waals surface area contributed by atoms with Crippen LogP contribution < -0.4 is 0 Å². The molecule has 0 saturated carbocycles. The monoisotopic (exact) mass is 1020 g/mol. The SMILES string of the molecule is CC1=C(C)C(C)(C)[C]([Zr]2([CH3])[C]3=[C]2C(C)(C)C(C)=C3C)=C1CCCCCC(Cc1ccccc1)(Cc1ccccc1)C1=[C]([Zr]2([CH3])[C]3=[C]2C(C)(C)C(C)=C3C)C(C)(C)C(C)=C1C.[SiH4].[SiH4]. The third-order valence-electron chi connectivity index (χ3n) is 18.9. The van der Waals surface area contributed by atoms with Crippen molar-refractivity contribution in [2.45, 2.75) is 165 Å². The van der Waals surface area contributed by atoms with E-state index in [9.17, 15) is 0 Å². The summed E-state index contributed by atoms with van der Waals surface area (Å²) in [6.45, 7) is 40.3. The molecule has 2 atom stereocenters. The summed E-state index contributed by atoms with van der Waals surface area (Å²) in [6.07, 6.45) is 8.51. The second kappa shape index (κ2) is 16.4. The Hall–Kier alpha value is -1.44. The zero-order valence-electron chi connectivity index (χ0n) is 41.2. The van der Waals surface area contributed by atoms with Gasteiger partial charge in [-0.3, -0.25) is 0 Å². The Morgan fingerprint density at radius 2 is 0.806 bits per heavy atom. The van der Waals surface area contributed by atoms with Gasteiger partial charge in [0.25, 0.3) is 0 Å². The van der Waals surface area contributed by atoms with Crippen LogP contribution in [0, 0.1) is 27.1 Å². The normalized spacial score (nSPS) is 26.5. The molecule has 4 aliphatic carbocycles. The molecule has 0 nitrogen and oxygen atoms in total. The van der Waals surface area contributed by atoms with Gasteiger partial charge in [0.2, 0.25) is 0 Å². The topological polar surface area (TPSA) is 0 Å². The number of hydrogen-bond donors (Lipinski definition) is 0. The molecule has 0 bridgehead atoms. The molecule has 2 heterocycles. The van der Waals surface area contributed by atoms with Gasteiger partial charge in [-0.2, -0.15) is 0 Å². The Morgan fingerprint density at radius 1 is 0.435 bits per heavy atom. The van der Waals surface area contributed by atoms with Crippen molar-refractivity contribution < 1.29 is 40.5 Å². The van der Waals surface area contributed by atoms with Crippen LogP contribution in [0.15, 0.2) is 136 Å². The van der Waals surface area contributed by atoms with Crippen molar-refractivity contribution in [2.24, 2.45) is 27.1 Å². The maximum absolute atomic E-state index is 3.08. The van der Waals surface area contributed by atoms with Crippen LogP contribution in [0.3, 0.4) is 0 Å². The van der Waals surface area contributed by atoms with Crippen LogP contribution in [0.2, 0.25) is 9.26 Å². The summed E-state index contributed by atoms with van der Waals surface area (Å²) in [5, 5.41) is 0. The van der Waals surface area contributed by atoms with Crippen molar-refractivity contribution in [3.63, 3.8) is 0 Å². The van der Waals surface area contributed by atoms with Gasteiger partial charge in [0.05, 0.1) is 0 Å². The molecule has 62 heavy (non-hydrogen) atoms. The van der Waals surface area contributed by atoms with Crippen LogP contribution in [0.5, 0.6) is 0 Å². The van der Waals surface area contributed by atoms with Crippen molar-refractivity contribution in [1.29, 1.82) is 0 Å². The number of benzene rings is 2. The van der Waals surface area contributed by atoms with E-state index >= 15 is 0 Å². The van der Waals surface area contributed by atoms with Crippen molar-refractivity contribution in [3.05, 3.63) is 147 Å². The van der Waals surface area contributed by atoms with Gasteiger partial charge in [-0.25, -0.2) is 0 Å². The molecular formula is C58H86Si2Zr2. The van der Waals surface area contributed by atoms with Crippen LogP contribution in [0.1, 0.15) is 154 Å². The van der Waals surface area contributed by atoms with E-state index in [1.165, 1.54) is 43.2 Å². The molecule has 0 saturated heterocycles. The van der Waals surface area contributed by atoms with Crippen molar-refractivity contribution in [2.75, 3.05) is 0 Å². The molecule has 0 radical (unpaired) electrons. The molecule has 334 valence electrons. The van der Waals surface area contributed by atoms with E-state index in [0.29, 0.717) is 0 Å². The summed E-state index contributed by atoms with van der Waals surface area (Å²) in [5.41, 5.74) is 20.4. The number of allylic oxidation sites excluding steroid dienone is 16. The summed E-state index contributed by atoms with van der Waals surface area (Å²) in [4.78, 5) is 0. The minimum atomic E-state index is -3.08. The Bertz CT molecular complexity index is 2440. The van der Waals surface area contributed by atoms with Gasteiger partial charge in [-0.05, 0) is 21.9 Å². The standard InChI is InChI=1S/C38H48.2C9H12.2CH3.2H4Si.2Zr/c1-28-30(3)36(5,6)26-34(28)22-16-11-17-23-38(24-32-18-12-9-13-19-32,25-33-20-14-10-15-21-33)35-27-37(7,8)31(4)29(35)2;2*1-7-5-6-9(3,4)8(7)2;;;;;;/h9-10,12-15,18-21H,11,16-17,22-25H2,1-8H3;2*1-4H3;2*1H3;2*1H4;;. The van der Waals surface area contributed by atoms with E-state index in [-0.39, 0.29) is 49.0 Å². The van der Waals surface area contributed by atoms with E-state index in [4.69, 9.17) is 0 Å². The van der Waals surface area contributed by atoms with Crippen LogP contribution in [0.25, 0.3) is 0 Å². The van der Waals surface area contributed by atoms with E-state index < -0.39 is 40.5 Å². The Labute approximate surface area is 398 Å². The van der Waals surface area contributed by atoms with Crippen LogP contribution in [-0.2, 0) is 53.4 Å². The number of unbranched alkanes of at least 4 members (excludes halogenated alkanes) is 2. The predicted octanol–water partition coefficient (Wildman–Crippen LogP) is 14.4. The smallest absolute Gasteiger partial charge is 0.0149 e. The van der Waals surface area contributed by atoms with E-state index in [0.717, 1.165) is 12.8 Å². The molecule has 0 spiro atoms. The predicted molar refractivity (Wildman–Crippen MR) is 277 cm³/mol. The minimum absolute atomic E-state index is 0. The first-order valence-corrected chi connectivity index (χ1v) is 36.0. The Balaban J connectivity index is 0.00000321. The largest absolute Gasteiger partial charge is 0.0149 e. The Morgan fingerprint density at radius 3 is 1.23 bits per heavy atom. The molecule has 2 unspecified atom stereocenters. The van der Waals surface area contributed by atoms with E-state index in [1.54, 1.807) is 55.7 Å². The molecule has 2 aromatic carbocycles. The molecule has 6 aliphatic rings. The zero-order chi connectivity index (χ0) is 43.9. The van der Waals surface area contributed by atoms with Crippen LogP contribution >= 0.6 is 0 Å². The first-order valence-electron chi connectivity index (χ1n) is 23.7. The maximum Gasteiger partial charge on any atom is -0.0149 e. The van der Waals surface area contributed by atoms with Crippen molar-refractivity contribution >= 4 is 21.9 Å². The molecular weight excluding hydrogens is 935 g/mol. The van der Waals surface area contributed by atoms with E-state index in [1.807, 2.05) is 19.7 Å². The fourth-order valence-electron chi connectivity index (χ4n) is 15.0. The molecule has 2 aromatic rings. The van der Waals surface area contributed by atoms with Gasteiger partial charge < -0.3 is 0 Å². The van der Waals surface area contributed by atoms with Gasteiger partial charge in [0.1, 0.15) is 0 Å². The molecule has 2 aliphatic heterocycles. The number of rotatable bonds is 13. The molecule has 0 aromatic heterocycles. The average molecular weight is 1020 g/mol. The molecule has 0 N–H and O–H groups in total. The minimum Gasteiger partial charge on any atom is -0.0149 e. The maximum atomic E-state index is 2.83. The Kier molecular flexibility index (Phi) is 13.2. The summed E-state index contributed by atoms with van der Waals surface area (Å²) >= 11 is -5.89. The average Bonchev–Trinajstić information content (AvgIpc) is 3.94. The summed E-state index contributed by atoms with van der Waals surface area (Å²) in [7, 11) is 0. The number of hydrogen-bond acceptors (Lipinski definition) is 0. The van der Waals surface area contributed by atoms with Gasteiger partial charge in [-0.1, -0.05) is 0 Å². The summed E-state index contributed by atoms with van der Waals surface area (Å²) in [6, 6.07) is 23.2. The van der Waals surface area contributed by atoms with Crippen molar-refractivity contribution in [1.82, 2.24) is 0 Å². The third kappa shape index (κ3) is 6.91. The summed E-state index contributed by atoms with van der Waals surface area (Å²) in [5.74, 6) is 0. The first kappa shape index (κ1) is 50.0. The van der Waals surface area contributed by atoms with Gasteiger partial charge >= 0.3 is 380 Å². The van der Waals surface area contributed by atoms with Crippen molar-refractivity contribution in [3.8, 4) is 0 Å². The zero-order valence-corrected chi connectivity index (χ0v) is 46.1. The molecule has 4 heteroatoms. The summed E-state index contributed by atoms with van der Waals surface area (Å²) < 4.78 is 17.1. The molecule has 8 rings (SSSR count). The van der Waals surface area contributed by atoms with Crippen LogP contribution in [0.4, 0.5) is 0 Å². The first-order chi connectivity index (χ1) is 27.9. The van der Waals surface area contributed by atoms with E-state index in [2.05, 4.69) is 181 Å². The second-order valence-corrected chi connectivity index (χ2v) is 41.5. The second-order valence-electron chi connectivity index (χ2n) is 23.0. The van der Waals surface area contributed by atoms with Gasteiger partial charge in [-0.15, -0.1) is 0 Å². The third-order valence-corrected chi connectivity index (χ3v) is 44.2. The fourth-order valence-corrected chi connectivity index (χ4v) is 52.4. The van der Waals surface area contributed by atoms with Gasteiger partial charge in [0.15, 0.2) is 0 Å². The quantitative estimate of drug-likeness (QED) is 0.139. The van der Waals surface area contributed by atoms with Gasteiger partial charge in [0, 0.05) is 0 Å². The molecule has 0 fully saturated rings. The fraction of sp³-hybridized carbons (Fsp3) is 0.517. The van der Waals surface area contributed by atoms with Crippen LogP contribution in [-0.4, -0.2) is 21.9 Å².